The lowest BCUT2D eigenvalue weighted by molar-refractivity contribution is 0.0718. The minimum atomic E-state index is -0.00495. The predicted molar refractivity (Wildman–Crippen MR) is 104 cm³/mol. The lowest BCUT2D eigenvalue weighted by Crippen LogP contribution is -2.38. The van der Waals surface area contributed by atoms with Gasteiger partial charge in [0.25, 0.3) is 0 Å². The topological polar surface area (TPSA) is 54.6 Å². The quantitative estimate of drug-likeness (QED) is 0.890. The smallest absolute Gasteiger partial charge is 0.248 e. The molecule has 0 spiro atoms. The molecule has 1 fully saturated rings. The van der Waals surface area contributed by atoms with Crippen LogP contribution >= 0.6 is 12.4 Å². The molecule has 0 aliphatic carbocycles. The highest BCUT2D eigenvalue weighted by atomic mass is 35.5. The van der Waals surface area contributed by atoms with Gasteiger partial charge < -0.3 is 19.4 Å². The van der Waals surface area contributed by atoms with Gasteiger partial charge in [-0.15, -0.1) is 12.4 Å². The number of H-pyrrole nitrogens is 1. The minimum absolute atomic E-state index is 0. The van der Waals surface area contributed by atoms with E-state index in [1.54, 1.807) is 12.3 Å². The van der Waals surface area contributed by atoms with Gasteiger partial charge in [0.2, 0.25) is 5.56 Å². The number of para-hydroxylation sites is 2. The van der Waals surface area contributed by atoms with Crippen molar-refractivity contribution in [2.45, 2.75) is 31.3 Å². The average Bonchev–Trinajstić information content (AvgIpc) is 2.66. The molecule has 1 aromatic heterocycles. The summed E-state index contributed by atoms with van der Waals surface area (Å²) in [5, 5.41) is 0. The zero-order valence-corrected chi connectivity index (χ0v) is 15.5. The van der Waals surface area contributed by atoms with E-state index in [-0.39, 0.29) is 24.1 Å². The Morgan fingerprint density at radius 3 is 2.65 bits per heavy atom. The third-order valence-electron chi connectivity index (χ3n) is 5.19. The second-order valence-corrected chi connectivity index (χ2v) is 6.89. The number of ether oxygens (including phenoxy) is 2. The highest BCUT2D eigenvalue weighted by Gasteiger charge is 2.24. The molecule has 5 nitrogen and oxygen atoms in total. The Morgan fingerprint density at radius 1 is 1.12 bits per heavy atom. The van der Waals surface area contributed by atoms with Crippen LogP contribution in [0.15, 0.2) is 47.4 Å². The molecule has 0 saturated carbocycles. The van der Waals surface area contributed by atoms with Crippen LogP contribution < -0.4 is 15.0 Å². The molecule has 0 amide bonds. The van der Waals surface area contributed by atoms with Crippen LogP contribution in [0.2, 0.25) is 0 Å². The number of rotatable bonds is 4. The molecule has 140 valence electrons. The van der Waals surface area contributed by atoms with Crippen molar-refractivity contribution in [2.75, 3.05) is 26.2 Å². The number of nitrogens with one attached hydrogen (secondary N) is 1. The zero-order chi connectivity index (χ0) is 17.1. The summed E-state index contributed by atoms with van der Waals surface area (Å²) in [4.78, 5) is 16.7. The van der Waals surface area contributed by atoms with E-state index in [0.717, 1.165) is 50.4 Å². The molecule has 2 aliphatic heterocycles. The Labute approximate surface area is 159 Å². The van der Waals surface area contributed by atoms with E-state index in [0.29, 0.717) is 12.5 Å². The van der Waals surface area contributed by atoms with Crippen LogP contribution in [-0.4, -0.2) is 42.2 Å². The fraction of sp³-hybridized carbons (Fsp3) is 0.450. The molecule has 1 N–H and O–H groups in total. The van der Waals surface area contributed by atoms with Crippen LogP contribution in [0.1, 0.15) is 30.7 Å². The first kappa shape index (κ1) is 18.8. The number of pyridine rings is 1. The van der Waals surface area contributed by atoms with Gasteiger partial charge in [0.05, 0.1) is 0 Å². The molecule has 26 heavy (non-hydrogen) atoms. The van der Waals surface area contributed by atoms with E-state index in [1.807, 2.05) is 30.3 Å². The number of hydrogen-bond acceptors (Lipinski definition) is 4. The highest BCUT2D eigenvalue weighted by Crippen LogP contribution is 2.32. The second kappa shape index (κ2) is 8.60. The van der Waals surface area contributed by atoms with Gasteiger partial charge in [0.1, 0.15) is 12.7 Å². The van der Waals surface area contributed by atoms with Gasteiger partial charge in [-0.05, 0) is 55.6 Å². The number of benzene rings is 1. The molecule has 6 heteroatoms. The molecule has 1 aromatic carbocycles. The maximum absolute atomic E-state index is 11.5. The van der Waals surface area contributed by atoms with Gasteiger partial charge in [-0.2, -0.15) is 0 Å². The van der Waals surface area contributed by atoms with Gasteiger partial charge in [-0.1, -0.05) is 12.1 Å². The summed E-state index contributed by atoms with van der Waals surface area (Å²) in [6.45, 7) is 3.79. The minimum Gasteiger partial charge on any atom is -0.486 e. The number of fused-ring (bicyclic) bond motifs is 1. The van der Waals surface area contributed by atoms with Crippen molar-refractivity contribution in [1.29, 1.82) is 0 Å². The summed E-state index contributed by atoms with van der Waals surface area (Å²) >= 11 is 0. The number of likely N-dealkylation sites (tertiary alicyclic amines) is 1. The van der Waals surface area contributed by atoms with Gasteiger partial charge in [0.15, 0.2) is 11.5 Å². The van der Waals surface area contributed by atoms with Crippen molar-refractivity contribution < 1.29 is 9.47 Å². The SMILES string of the molecule is Cl.O=c1cc(C2CCN(CCC3COc4ccccc4O3)CC2)cc[nH]1. The van der Waals surface area contributed by atoms with E-state index in [1.165, 1.54) is 5.56 Å². The maximum atomic E-state index is 11.5. The highest BCUT2D eigenvalue weighted by molar-refractivity contribution is 5.85. The Balaban J connectivity index is 0.00000196. The van der Waals surface area contributed by atoms with Crippen molar-refractivity contribution >= 4 is 12.4 Å². The largest absolute Gasteiger partial charge is 0.486 e. The van der Waals surface area contributed by atoms with Crippen LogP contribution in [0.5, 0.6) is 11.5 Å². The van der Waals surface area contributed by atoms with E-state index in [2.05, 4.69) is 9.88 Å². The molecule has 1 saturated heterocycles. The lowest BCUT2D eigenvalue weighted by atomic mass is 9.90. The van der Waals surface area contributed by atoms with E-state index in [4.69, 9.17) is 9.47 Å². The summed E-state index contributed by atoms with van der Waals surface area (Å²) in [5.41, 5.74) is 1.17. The Morgan fingerprint density at radius 2 is 1.88 bits per heavy atom. The molecular formula is C20H25ClN2O3. The van der Waals surface area contributed by atoms with Crippen LogP contribution in [-0.2, 0) is 0 Å². The van der Waals surface area contributed by atoms with E-state index in [9.17, 15) is 4.79 Å². The molecule has 0 bridgehead atoms. The van der Waals surface area contributed by atoms with Crippen LogP contribution in [0.4, 0.5) is 0 Å². The maximum Gasteiger partial charge on any atom is 0.248 e. The fourth-order valence-electron chi connectivity index (χ4n) is 3.74. The van der Waals surface area contributed by atoms with Crippen molar-refractivity contribution in [3.63, 3.8) is 0 Å². The predicted octanol–water partition coefficient (Wildman–Crippen LogP) is 3.21. The van der Waals surface area contributed by atoms with Crippen molar-refractivity contribution in [1.82, 2.24) is 9.88 Å². The van der Waals surface area contributed by atoms with Gasteiger partial charge in [0, 0.05) is 25.2 Å². The van der Waals surface area contributed by atoms with Crippen LogP contribution in [0, 0.1) is 0 Å². The van der Waals surface area contributed by atoms with Crippen molar-refractivity contribution in [3.8, 4) is 11.5 Å². The van der Waals surface area contributed by atoms with Crippen molar-refractivity contribution in [2.24, 2.45) is 0 Å². The number of piperidine rings is 1. The summed E-state index contributed by atoms with van der Waals surface area (Å²) in [6.07, 6.45) is 5.06. The second-order valence-electron chi connectivity index (χ2n) is 6.89. The number of aromatic amines is 1. The molecule has 1 unspecified atom stereocenters. The number of aromatic nitrogens is 1. The summed E-state index contributed by atoms with van der Waals surface area (Å²) in [7, 11) is 0. The van der Waals surface area contributed by atoms with E-state index < -0.39 is 0 Å². The standard InChI is InChI=1S/C20H24N2O3.ClH/c23-20-13-16(5-9-21-20)15-6-10-22(11-7-15)12-8-17-14-24-18-3-1-2-4-19(18)25-17;/h1-5,9,13,15,17H,6-8,10-12,14H2,(H,21,23);1H. The fourth-order valence-corrected chi connectivity index (χ4v) is 3.74. The molecule has 3 heterocycles. The molecular weight excluding hydrogens is 352 g/mol. The van der Waals surface area contributed by atoms with Crippen LogP contribution in [0.3, 0.4) is 0 Å². The summed E-state index contributed by atoms with van der Waals surface area (Å²) in [5.74, 6) is 2.20. The first-order valence-electron chi connectivity index (χ1n) is 9.07. The molecule has 0 radical (unpaired) electrons. The first-order chi connectivity index (χ1) is 12.3. The Kier molecular flexibility index (Phi) is 6.22. The molecule has 2 aromatic rings. The normalized spacial score (nSPS) is 20.4. The third-order valence-corrected chi connectivity index (χ3v) is 5.19. The molecule has 1 atom stereocenters. The number of hydrogen-bond donors (Lipinski definition) is 1. The number of nitrogens with zero attached hydrogens (tertiary/aromatic N) is 1. The monoisotopic (exact) mass is 376 g/mol. The zero-order valence-electron chi connectivity index (χ0n) is 14.7. The summed E-state index contributed by atoms with van der Waals surface area (Å²) in [6, 6.07) is 11.6. The Hall–Kier alpha value is -1.98. The first-order valence-corrected chi connectivity index (χ1v) is 9.07. The third kappa shape index (κ3) is 4.40. The number of halogens is 1. The molecule has 4 rings (SSSR count). The van der Waals surface area contributed by atoms with Gasteiger partial charge >= 0.3 is 0 Å². The Bertz CT molecular complexity index is 771. The molecule has 2 aliphatic rings. The van der Waals surface area contributed by atoms with Gasteiger partial charge in [-0.3, -0.25) is 4.79 Å². The van der Waals surface area contributed by atoms with Crippen molar-refractivity contribution in [3.05, 3.63) is 58.5 Å². The van der Waals surface area contributed by atoms with Crippen LogP contribution in [0.25, 0.3) is 0 Å². The summed E-state index contributed by atoms with van der Waals surface area (Å²) < 4.78 is 11.8. The van der Waals surface area contributed by atoms with Gasteiger partial charge in [-0.25, -0.2) is 0 Å². The average molecular weight is 377 g/mol. The lowest BCUT2D eigenvalue weighted by Gasteiger charge is -2.33. The van der Waals surface area contributed by atoms with E-state index >= 15 is 0 Å².